The van der Waals surface area contributed by atoms with Crippen molar-refractivity contribution in [3.8, 4) is 0 Å². The van der Waals surface area contributed by atoms with Crippen molar-refractivity contribution in [3.63, 3.8) is 0 Å². The Morgan fingerprint density at radius 1 is 1.25 bits per heavy atom. The summed E-state index contributed by atoms with van der Waals surface area (Å²) in [7, 11) is 0. The first kappa shape index (κ1) is 9.03. The van der Waals surface area contributed by atoms with Gasteiger partial charge in [0, 0.05) is 11.9 Å². The van der Waals surface area contributed by atoms with Crippen molar-refractivity contribution < 1.29 is 13.2 Å². The molecule has 1 aromatic heterocycles. The quantitative estimate of drug-likeness (QED) is 0.590. The molecule has 4 heteroatoms. The van der Waals surface area contributed by atoms with Gasteiger partial charge in [0.25, 0.3) is 0 Å². The molecule has 1 nitrogen and oxygen atoms in total. The molecule has 0 bridgehead atoms. The molecule has 0 spiro atoms. The van der Waals surface area contributed by atoms with E-state index >= 15 is 0 Å². The second-order valence-corrected chi connectivity index (χ2v) is 2.64. The van der Waals surface area contributed by atoms with Gasteiger partial charge in [0.2, 0.25) is 0 Å². The Morgan fingerprint density at radius 3 is 2.25 bits per heavy atom. The van der Waals surface area contributed by atoms with Crippen LogP contribution in [0.15, 0.2) is 12.3 Å². The van der Waals surface area contributed by atoms with Gasteiger partial charge in [-0.2, -0.15) is 13.2 Å². The molecular weight excluding hydrogens is 167 g/mol. The van der Waals surface area contributed by atoms with Crippen molar-refractivity contribution >= 4 is 0 Å². The highest BCUT2D eigenvalue weighted by molar-refractivity contribution is 5.27. The molecule has 0 saturated heterocycles. The van der Waals surface area contributed by atoms with Gasteiger partial charge in [0.15, 0.2) is 0 Å². The summed E-state index contributed by atoms with van der Waals surface area (Å²) in [5.74, 6) is 0. The normalized spacial score (nSPS) is 11.8. The zero-order valence-electron chi connectivity index (χ0n) is 6.74. The molecule has 0 aliphatic heterocycles. The molecule has 0 unspecified atom stereocenters. The fourth-order valence-corrected chi connectivity index (χ4v) is 0.934. The summed E-state index contributed by atoms with van der Waals surface area (Å²) in [6.07, 6.45) is -3.03. The first-order chi connectivity index (χ1) is 5.41. The second kappa shape index (κ2) is 2.77. The summed E-state index contributed by atoms with van der Waals surface area (Å²) in [5.41, 5.74) is -0.0592. The Balaban J connectivity index is 3.23. The number of hydrogen-bond acceptors (Lipinski definition) is 1. The number of aryl methyl sites for hydroxylation is 2. The number of alkyl halides is 3. The van der Waals surface area contributed by atoms with Gasteiger partial charge in [-0.05, 0) is 25.5 Å². The summed E-state index contributed by atoms with van der Waals surface area (Å²) < 4.78 is 36.6. The minimum absolute atomic E-state index is 0.160. The van der Waals surface area contributed by atoms with E-state index in [1.807, 2.05) is 0 Å². The smallest absolute Gasteiger partial charge is 0.261 e. The van der Waals surface area contributed by atoms with Gasteiger partial charge in [0.05, 0.1) is 5.56 Å². The molecule has 0 amide bonds. The average Bonchev–Trinajstić information content (AvgIpc) is 1.92. The topological polar surface area (TPSA) is 12.9 Å². The first-order valence-electron chi connectivity index (χ1n) is 3.41. The molecule has 0 fully saturated rings. The number of hydrogen-bond donors (Lipinski definition) is 0. The molecule has 66 valence electrons. The zero-order chi connectivity index (χ0) is 9.35. The molecule has 0 aromatic carbocycles. The Kier molecular flexibility index (Phi) is 2.08. The molecule has 1 aromatic rings. The Labute approximate surface area is 68.2 Å². The highest BCUT2D eigenvalue weighted by Crippen LogP contribution is 2.31. The van der Waals surface area contributed by atoms with Crippen molar-refractivity contribution in [2.45, 2.75) is 20.0 Å². The lowest BCUT2D eigenvalue weighted by molar-refractivity contribution is -0.138. The maximum Gasteiger partial charge on any atom is 0.416 e. The van der Waals surface area contributed by atoms with Crippen molar-refractivity contribution in [2.24, 2.45) is 0 Å². The van der Waals surface area contributed by atoms with Gasteiger partial charge in [-0.1, -0.05) is 0 Å². The van der Waals surface area contributed by atoms with Gasteiger partial charge >= 0.3 is 6.18 Å². The van der Waals surface area contributed by atoms with Crippen molar-refractivity contribution in [2.75, 3.05) is 0 Å². The van der Waals surface area contributed by atoms with Gasteiger partial charge in [-0.3, -0.25) is 4.98 Å². The Bertz CT molecular complexity index is 291. The predicted molar refractivity (Wildman–Crippen MR) is 38.7 cm³/mol. The molecule has 0 N–H and O–H groups in total. The molecule has 1 heterocycles. The highest BCUT2D eigenvalue weighted by atomic mass is 19.4. The van der Waals surface area contributed by atoms with Crippen molar-refractivity contribution in [1.29, 1.82) is 0 Å². The second-order valence-electron chi connectivity index (χ2n) is 2.64. The molecule has 0 aliphatic rings. The third-order valence-corrected chi connectivity index (χ3v) is 1.55. The van der Waals surface area contributed by atoms with E-state index in [9.17, 15) is 13.2 Å². The van der Waals surface area contributed by atoms with Crippen LogP contribution in [0.2, 0.25) is 0 Å². The van der Waals surface area contributed by atoms with Crippen LogP contribution in [0.5, 0.6) is 0 Å². The predicted octanol–water partition coefficient (Wildman–Crippen LogP) is 2.72. The standard InChI is InChI=1S/C8H8F3N/c1-5-4-12-6(2)3-7(5)8(9,10)11/h3-4H,1-2H3. The van der Waals surface area contributed by atoms with E-state index in [4.69, 9.17) is 0 Å². The van der Waals surface area contributed by atoms with E-state index < -0.39 is 11.7 Å². The molecule has 0 atom stereocenters. The molecule has 0 radical (unpaired) electrons. The Morgan fingerprint density at radius 2 is 1.83 bits per heavy atom. The fraction of sp³-hybridized carbons (Fsp3) is 0.375. The molecule has 0 saturated carbocycles. The maximum atomic E-state index is 12.2. The van der Waals surface area contributed by atoms with Crippen LogP contribution >= 0.6 is 0 Å². The zero-order valence-corrected chi connectivity index (χ0v) is 6.74. The third kappa shape index (κ3) is 1.75. The summed E-state index contributed by atoms with van der Waals surface area (Å²) in [4.78, 5) is 3.75. The van der Waals surface area contributed by atoms with Gasteiger partial charge in [-0.15, -0.1) is 0 Å². The summed E-state index contributed by atoms with van der Waals surface area (Å²) in [6.45, 7) is 2.93. The van der Waals surface area contributed by atoms with E-state index in [1.165, 1.54) is 20.0 Å². The lowest BCUT2D eigenvalue weighted by atomic mass is 10.1. The summed E-state index contributed by atoms with van der Waals surface area (Å²) in [6, 6.07) is 1.05. The minimum atomic E-state index is -4.27. The summed E-state index contributed by atoms with van der Waals surface area (Å²) >= 11 is 0. The van der Waals surface area contributed by atoms with Crippen molar-refractivity contribution in [1.82, 2.24) is 4.98 Å². The average molecular weight is 175 g/mol. The van der Waals surface area contributed by atoms with Gasteiger partial charge < -0.3 is 0 Å². The van der Waals surface area contributed by atoms with Crippen LogP contribution in [0.4, 0.5) is 13.2 Å². The lowest BCUT2D eigenvalue weighted by Gasteiger charge is -2.09. The minimum Gasteiger partial charge on any atom is -0.261 e. The molecule has 1 rings (SSSR count). The van der Waals surface area contributed by atoms with Crippen LogP contribution < -0.4 is 0 Å². The lowest BCUT2D eigenvalue weighted by Crippen LogP contribution is -2.08. The third-order valence-electron chi connectivity index (χ3n) is 1.55. The van der Waals surface area contributed by atoms with Crippen molar-refractivity contribution in [3.05, 3.63) is 29.1 Å². The van der Waals surface area contributed by atoms with E-state index in [0.717, 1.165) is 6.07 Å². The van der Waals surface area contributed by atoms with Crippen LogP contribution in [-0.4, -0.2) is 4.98 Å². The van der Waals surface area contributed by atoms with E-state index in [1.54, 1.807) is 0 Å². The number of aromatic nitrogens is 1. The SMILES string of the molecule is Cc1cc(C(F)(F)F)c(C)cn1. The Hall–Kier alpha value is -1.06. The van der Waals surface area contributed by atoms with Gasteiger partial charge in [-0.25, -0.2) is 0 Å². The highest BCUT2D eigenvalue weighted by Gasteiger charge is 2.32. The number of rotatable bonds is 0. The fourth-order valence-electron chi connectivity index (χ4n) is 0.934. The van der Waals surface area contributed by atoms with E-state index in [-0.39, 0.29) is 5.56 Å². The van der Waals surface area contributed by atoms with Crippen LogP contribution in [0.1, 0.15) is 16.8 Å². The molecular formula is C8H8F3N. The number of pyridine rings is 1. The van der Waals surface area contributed by atoms with Crippen LogP contribution in [0.3, 0.4) is 0 Å². The maximum absolute atomic E-state index is 12.2. The number of halogens is 3. The monoisotopic (exact) mass is 175 g/mol. The summed E-state index contributed by atoms with van der Waals surface area (Å²) in [5, 5.41) is 0. The van der Waals surface area contributed by atoms with Crippen LogP contribution in [0.25, 0.3) is 0 Å². The largest absolute Gasteiger partial charge is 0.416 e. The van der Waals surface area contributed by atoms with Crippen LogP contribution in [0, 0.1) is 13.8 Å². The van der Waals surface area contributed by atoms with E-state index in [2.05, 4.69) is 4.98 Å². The van der Waals surface area contributed by atoms with E-state index in [0.29, 0.717) is 5.69 Å². The first-order valence-corrected chi connectivity index (χ1v) is 3.41. The van der Waals surface area contributed by atoms with Crippen LogP contribution in [-0.2, 0) is 6.18 Å². The molecule has 12 heavy (non-hydrogen) atoms. The van der Waals surface area contributed by atoms with Gasteiger partial charge in [0.1, 0.15) is 0 Å². The number of nitrogens with zero attached hydrogens (tertiary/aromatic N) is 1. The molecule has 0 aliphatic carbocycles.